The molecule has 0 aliphatic heterocycles. The summed E-state index contributed by atoms with van der Waals surface area (Å²) >= 11 is 12.1. The van der Waals surface area contributed by atoms with Crippen LogP contribution in [0.2, 0.25) is 10.0 Å². The summed E-state index contributed by atoms with van der Waals surface area (Å²) in [5.41, 5.74) is 5.01. The second kappa shape index (κ2) is 8.29. The van der Waals surface area contributed by atoms with Gasteiger partial charge in [0.25, 0.3) is 0 Å². The van der Waals surface area contributed by atoms with E-state index < -0.39 is 0 Å². The Hall–Kier alpha value is -2.79. The summed E-state index contributed by atoms with van der Waals surface area (Å²) < 4.78 is 0. The van der Waals surface area contributed by atoms with Crippen LogP contribution < -0.4 is 10.6 Å². The Morgan fingerprint density at radius 2 is 1.69 bits per heavy atom. The van der Waals surface area contributed by atoms with E-state index in [2.05, 4.69) is 15.6 Å². The molecule has 0 bridgehead atoms. The van der Waals surface area contributed by atoms with Crippen LogP contribution in [-0.2, 0) is 6.54 Å². The number of anilines is 2. The third-order valence-electron chi connectivity index (χ3n) is 4.70. The van der Waals surface area contributed by atoms with Crippen molar-refractivity contribution in [2.75, 3.05) is 12.4 Å². The molecule has 3 N–H and O–H groups in total. The van der Waals surface area contributed by atoms with Crippen molar-refractivity contribution in [2.45, 2.75) is 6.54 Å². The number of nitrogens with zero attached hydrogens (tertiary/aromatic N) is 1. The number of phenolic OH excluding ortho intramolecular Hbond substituents is 1. The summed E-state index contributed by atoms with van der Waals surface area (Å²) in [6.45, 7) is 0.536. The molecule has 29 heavy (non-hydrogen) atoms. The molecule has 0 unspecified atom stereocenters. The van der Waals surface area contributed by atoms with Crippen molar-refractivity contribution in [3.8, 4) is 16.9 Å². The zero-order valence-corrected chi connectivity index (χ0v) is 17.2. The van der Waals surface area contributed by atoms with E-state index >= 15 is 0 Å². The number of nitrogens with one attached hydrogen (secondary N) is 2. The molecule has 4 nitrogen and oxygen atoms in total. The third-order valence-corrected chi connectivity index (χ3v) is 5.18. The van der Waals surface area contributed by atoms with Gasteiger partial charge in [-0.1, -0.05) is 35.3 Å². The number of halogens is 2. The van der Waals surface area contributed by atoms with Crippen LogP contribution in [0.4, 0.5) is 11.4 Å². The Kier molecular flexibility index (Phi) is 5.58. The molecule has 0 amide bonds. The number of aromatic hydroxyl groups is 1. The molecule has 3 aromatic carbocycles. The van der Waals surface area contributed by atoms with Gasteiger partial charge in [-0.15, -0.1) is 0 Å². The van der Waals surface area contributed by atoms with Crippen LogP contribution in [0.25, 0.3) is 22.0 Å². The van der Waals surface area contributed by atoms with Gasteiger partial charge in [-0.2, -0.15) is 0 Å². The molecule has 0 aliphatic carbocycles. The van der Waals surface area contributed by atoms with Gasteiger partial charge in [0.2, 0.25) is 0 Å². The van der Waals surface area contributed by atoms with Crippen molar-refractivity contribution in [3.63, 3.8) is 0 Å². The monoisotopic (exact) mass is 423 g/mol. The number of rotatable bonds is 5. The largest absolute Gasteiger partial charge is 0.507 e. The van der Waals surface area contributed by atoms with E-state index in [1.165, 1.54) is 0 Å². The lowest BCUT2D eigenvalue weighted by molar-refractivity contribution is 0.468. The average molecular weight is 424 g/mol. The van der Waals surface area contributed by atoms with Gasteiger partial charge in [-0.25, -0.2) is 0 Å². The second-order valence-corrected chi connectivity index (χ2v) is 7.59. The molecule has 1 aromatic heterocycles. The molecule has 6 heteroatoms. The Bertz CT molecular complexity index is 1180. The molecular weight excluding hydrogens is 405 g/mol. The van der Waals surface area contributed by atoms with Crippen LogP contribution >= 0.6 is 23.2 Å². The molecule has 0 atom stereocenters. The predicted octanol–water partition coefficient (Wildman–Crippen LogP) is 6.38. The zero-order valence-electron chi connectivity index (χ0n) is 15.7. The van der Waals surface area contributed by atoms with E-state index in [1.807, 2.05) is 67.7 Å². The number of fused-ring (bicyclic) bond motifs is 1. The van der Waals surface area contributed by atoms with Gasteiger partial charge in [0.1, 0.15) is 5.75 Å². The molecule has 4 rings (SSSR count). The van der Waals surface area contributed by atoms with Gasteiger partial charge in [0, 0.05) is 50.7 Å². The predicted molar refractivity (Wildman–Crippen MR) is 121 cm³/mol. The van der Waals surface area contributed by atoms with Gasteiger partial charge in [0.15, 0.2) is 0 Å². The molecule has 0 saturated heterocycles. The minimum Gasteiger partial charge on any atom is -0.507 e. The van der Waals surface area contributed by atoms with Crippen molar-refractivity contribution in [2.24, 2.45) is 0 Å². The maximum Gasteiger partial charge on any atom is 0.128 e. The number of phenols is 1. The standard InChI is InChI=1S/C23H19Cl2N3O/c1-26-13-15-10-18(12-20(23(15)29)14-2-4-16(24)5-3-14)28-21-8-9-27-22-11-17(25)6-7-19(21)22/h2-12,26,29H,13H2,1H3,(H,27,28). The molecule has 0 radical (unpaired) electrons. The Morgan fingerprint density at radius 3 is 2.45 bits per heavy atom. The Labute approximate surface area is 179 Å². The summed E-state index contributed by atoms with van der Waals surface area (Å²) in [5, 5.41) is 19.6. The zero-order chi connectivity index (χ0) is 20.4. The van der Waals surface area contributed by atoms with Crippen molar-refractivity contribution in [3.05, 3.63) is 82.5 Å². The molecular formula is C23H19Cl2N3O. The normalized spacial score (nSPS) is 11.0. The quantitative estimate of drug-likeness (QED) is 0.326. The van der Waals surface area contributed by atoms with Crippen LogP contribution in [0.3, 0.4) is 0 Å². The summed E-state index contributed by atoms with van der Waals surface area (Å²) in [4.78, 5) is 4.39. The van der Waals surface area contributed by atoms with Gasteiger partial charge >= 0.3 is 0 Å². The van der Waals surface area contributed by atoms with E-state index in [-0.39, 0.29) is 5.75 Å². The maximum absolute atomic E-state index is 10.8. The lowest BCUT2D eigenvalue weighted by Gasteiger charge is -2.16. The average Bonchev–Trinajstić information content (AvgIpc) is 2.71. The third kappa shape index (κ3) is 4.15. The molecule has 0 saturated carbocycles. The number of pyridine rings is 1. The highest BCUT2D eigenvalue weighted by atomic mass is 35.5. The first-order chi connectivity index (χ1) is 14.0. The van der Waals surface area contributed by atoms with Crippen LogP contribution in [0.5, 0.6) is 5.75 Å². The van der Waals surface area contributed by atoms with Gasteiger partial charge in [0.05, 0.1) is 5.52 Å². The van der Waals surface area contributed by atoms with Crippen molar-refractivity contribution < 1.29 is 5.11 Å². The molecule has 146 valence electrons. The van der Waals surface area contributed by atoms with Crippen molar-refractivity contribution >= 4 is 45.5 Å². The fourth-order valence-corrected chi connectivity index (χ4v) is 3.62. The van der Waals surface area contributed by atoms with E-state index in [9.17, 15) is 5.11 Å². The minimum absolute atomic E-state index is 0.249. The fourth-order valence-electron chi connectivity index (χ4n) is 3.33. The summed E-state index contributed by atoms with van der Waals surface area (Å²) in [6, 6.07) is 18.8. The highest BCUT2D eigenvalue weighted by molar-refractivity contribution is 6.31. The first kappa shape index (κ1) is 19.5. The summed E-state index contributed by atoms with van der Waals surface area (Å²) in [6.07, 6.45) is 1.75. The highest BCUT2D eigenvalue weighted by Crippen LogP contribution is 2.37. The lowest BCUT2D eigenvalue weighted by atomic mass is 10.00. The molecule has 1 heterocycles. The van der Waals surface area contributed by atoms with E-state index in [1.54, 1.807) is 6.20 Å². The van der Waals surface area contributed by atoms with Crippen molar-refractivity contribution in [1.82, 2.24) is 10.3 Å². The summed E-state index contributed by atoms with van der Waals surface area (Å²) in [5.74, 6) is 0.249. The van der Waals surface area contributed by atoms with Gasteiger partial charge in [-0.3, -0.25) is 4.98 Å². The topological polar surface area (TPSA) is 57.2 Å². The number of hydrogen-bond acceptors (Lipinski definition) is 4. The molecule has 0 fully saturated rings. The highest BCUT2D eigenvalue weighted by Gasteiger charge is 2.13. The number of hydrogen-bond donors (Lipinski definition) is 3. The van der Waals surface area contributed by atoms with Crippen molar-refractivity contribution in [1.29, 1.82) is 0 Å². The first-order valence-corrected chi connectivity index (χ1v) is 9.88. The lowest BCUT2D eigenvalue weighted by Crippen LogP contribution is -2.06. The number of aromatic nitrogens is 1. The number of benzene rings is 3. The van der Waals surface area contributed by atoms with E-state index in [4.69, 9.17) is 23.2 Å². The SMILES string of the molecule is CNCc1cc(Nc2ccnc3cc(Cl)ccc23)cc(-c2ccc(Cl)cc2)c1O. The van der Waals surface area contributed by atoms with Crippen LogP contribution in [-0.4, -0.2) is 17.1 Å². The van der Waals surface area contributed by atoms with Crippen LogP contribution in [0, 0.1) is 0 Å². The minimum atomic E-state index is 0.249. The van der Waals surface area contributed by atoms with Gasteiger partial charge in [-0.05, 0) is 61.1 Å². The first-order valence-electron chi connectivity index (χ1n) is 9.13. The Balaban J connectivity index is 1.81. The summed E-state index contributed by atoms with van der Waals surface area (Å²) in [7, 11) is 1.85. The maximum atomic E-state index is 10.8. The van der Waals surface area contributed by atoms with Crippen LogP contribution in [0.1, 0.15) is 5.56 Å². The van der Waals surface area contributed by atoms with E-state index in [0.29, 0.717) is 16.6 Å². The van der Waals surface area contributed by atoms with Gasteiger partial charge < -0.3 is 15.7 Å². The smallest absolute Gasteiger partial charge is 0.128 e. The molecule has 0 spiro atoms. The molecule has 0 aliphatic rings. The fraction of sp³-hybridized carbons (Fsp3) is 0.0870. The van der Waals surface area contributed by atoms with E-state index in [0.717, 1.165) is 39.0 Å². The molecule has 4 aromatic rings. The Morgan fingerprint density at radius 1 is 0.931 bits per heavy atom. The van der Waals surface area contributed by atoms with Crippen LogP contribution in [0.15, 0.2) is 66.9 Å². The second-order valence-electron chi connectivity index (χ2n) is 6.71.